The lowest BCUT2D eigenvalue weighted by atomic mass is 10.0. The Balaban J connectivity index is 1.41. The molecule has 2 rings (SSSR count). The van der Waals surface area contributed by atoms with Gasteiger partial charge in [0.15, 0.2) is 10.9 Å². The predicted molar refractivity (Wildman–Crippen MR) is 149 cm³/mol. The lowest BCUT2D eigenvalue weighted by Gasteiger charge is -2.05. The zero-order valence-corrected chi connectivity index (χ0v) is 21.9. The van der Waals surface area contributed by atoms with Crippen LogP contribution < -0.4 is 5.32 Å². The number of aliphatic hydroxyl groups is 1. The standard InChI is InChI=1S/C29H44N2O2S/c1-2-3-4-5-6-7-8-9-10-11-12-13-14-15-16-19-22-30-29(34)31-23-26-27(32)24-20-17-18-21-25(24)28(26)33/h17-18,20-21,23,32H,2-16,19,22H2,1H3,(H,30,34). The second kappa shape index (κ2) is 17.4. The SMILES string of the molecule is CCCCCCCCCCCCCCCCCCNC(=S)N=CC1=C(O)c2ccccc2C1=O. The Hall–Kier alpha value is -2.01. The van der Waals surface area contributed by atoms with Gasteiger partial charge in [0.05, 0.1) is 5.57 Å². The first-order valence-corrected chi connectivity index (χ1v) is 13.9. The molecule has 1 aromatic carbocycles. The number of unbranched alkanes of at least 4 members (excludes halogenated alkanes) is 15. The average molecular weight is 485 g/mol. The summed E-state index contributed by atoms with van der Waals surface area (Å²) in [5.74, 6) is -0.234. The Morgan fingerprint density at radius 3 is 1.79 bits per heavy atom. The number of allylic oxidation sites excluding steroid dienone is 1. The van der Waals surface area contributed by atoms with Crippen molar-refractivity contribution < 1.29 is 9.90 Å². The van der Waals surface area contributed by atoms with Crippen LogP contribution in [0, 0.1) is 0 Å². The van der Waals surface area contributed by atoms with Crippen molar-refractivity contribution in [2.75, 3.05) is 6.54 Å². The summed E-state index contributed by atoms with van der Waals surface area (Å²) in [6.07, 6.45) is 23.0. The van der Waals surface area contributed by atoms with E-state index >= 15 is 0 Å². The molecule has 0 fully saturated rings. The Morgan fingerprint density at radius 2 is 1.29 bits per heavy atom. The van der Waals surface area contributed by atoms with Crippen molar-refractivity contribution in [1.29, 1.82) is 0 Å². The van der Waals surface area contributed by atoms with Crippen molar-refractivity contribution in [2.24, 2.45) is 4.99 Å². The van der Waals surface area contributed by atoms with E-state index in [1.54, 1.807) is 24.3 Å². The Bertz CT molecular complexity index is 816. The zero-order valence-electron chi connectivity index (χ0n) is 21.1. The number of ketones is 1. The number of aliphatic hydroxyl groups excluding tert-OH is 1. The van der Waals surface area contributed by atoms with Gasteiger partial charge in [-0.1, -0.05) is 128 Å². The third kappa shape index (κ3) is 10.5. The normalized spacial score (nSPS) is 13.1. The van der Waals surface area contributed by atoms with Crippen LogP contribution in [-0.2, 0) is 0 Å². The van der Waals surface area contributed by atoms with Crippen LogP contribution in [0.4, 0.5) is 0 Å². The maximum atomic E-state index is 12.4. The first-order chi connectivity index (χ1) is 16.6. The molecule has 1 aliphatic rings. The van der Waals surface area contributed by atoms with Gasteiger partial charge in [0.2, 0.25) is 0 Å². The average Bonchev–Trinajstić information content (AvgIpc) is 3.09. The molecule has 2 N–H and O–H groups in total. The van der Waals surface area contributed by atoms with E-state index < -0.39 is 0 Å². The van der Waals surface area contributed by atoms with Gasteiger partial charge in [0.25, 0.3) is 0 Å². The fourth-order valence-corrected chi connectivity index (χ4v) is 4.60. The van der Waals surface area contributed by atoms with Gasteiger partial charge in [-0.3, -0.25) is 4.79 Å². The number of rotatable bonds is 18. The number of carbonyl (C=O) groups is 1. The number of nitrogens with zero attached hydrogens (tertiary/aromatic N) is 1. The van der Waals surface area contributed by atoms with E-state index in [2.05, 4.69) is 17.2 Å². The molecule has 0 unspecified atom stereocenters. The number of hydrogen-bond acceptors (Lipinski definition) is 3. The third-order valence-electron chi connectivity index (χ3n) is 6.54. The summed E-state index contributed by atoms with van der Waals surface area (Å²) in [6, 6.07) is 7.03. The van der Waals surface area contributed by atoms with E-state index in [0.717, 1.165) is 13.0 Å². The number of nitrogens with one attached hydrogen (secondary N) is 1. The molecule has 0 bridgehead atoms. The Labute approximate surface area is 212 Å². The first kappa shape index (κ1) is 28.2. The molecule has 0 saturated heterocycles. The molecule has 0 atom stereocenters. The largest absolute Gasteiger partial charge is 0.506 e. The van der Waals surface area contributed by atoms with Crippen molar-refractivity contribution in [3.05, 3.63) is 41.0 Å². The maximum absolute atomic E-state index is 12.4. The molecule has 0 heterocycles. The van der Waals surface area contributed by atoms with E-state index in [-0.39, 0.29) is 17.1 Å². The molecule has 0 spiro atoms. The quantitative estimate of drug-likeness (QED) is 0.125. The summed E-state index contributed by atoms with van der Waals surface area (Å²) < 4.78 is 0. The molecular weight excluding hydrogens is 440 g/mol. The minimum atomic E-state index is -0.211. The van der Waals surface area contributed by atoms with Crippen LogP contribution in [0.5, 0.6) is 0 Å². The van der Waals surface area contributed by atoms with Crippen LogP contribution in [0.15, 0.2) is 34.8 Å². The highest BCUT2D eigenvalue weighted by Gasteiger charge is 2.27. The highest BCUT2D eigenvalue weighted by atomic mass is 32.1. The molecule has 4 nitrogen and oxygen atoms in total. The van der Waals surface area contributed by atoms with E-state index in [1.807, 2.05) is 0 Å². The minimum Gasteiger partial charge on any atom is -0.506 e. The van der Waals surface area contributed by atoms with Crippen LogP contribution in [0.1, 0.15) is 126 Å². The predicted octanol–water partition coefficient (Wildman–Crippen LogP) is 8.36. The molecular formula is C29H44N2O2S. The molecule has 34 heavy (non-hydrogen) atoms. The topological polar surface area (TPSA) is 61.7 Å². The van der Waals surface area contributed by atoms with Gasteiger partial charge in [-0.25, -0.2) is 4.99 Å². The van der Waals surface area contributed by atoms with Crippen molar-refractivity contribution in [2.45, 2.75) is 110 Å². The second-order valence-corrected chi connectivity index (χ2v) is 9.82. The van der Waals surface area contributed by atoms with Gasteiger partial charge in [0, 0.05) is 23.9 Å². The van der Waals surface area contributed by atoms with Crippen LogP contribution >= 0.6 is 12.2 Å². The monoisotopic (exact) mass is 484 g/mol. The van der Waals surface area contributed by atoms with E-state index in [9.17, 15) is 9.90 Å². The van der Waals surface area contributed by atoms with Crippen LogP contribution in [0.2, 0.25) is 0 Å². The lowest BCUT2D eigenvalue weighted by molar-refractivity contribution is 0.104. The van der Waals surface area contributed by atoms with Crippen molar-refractivity contribution in [3.8, 4) is 0 Å². The number of fused-ring (bicyclic) bond motifs is 1. The summed E-state index contributed by atoms with van der Waals surface area (Å²) in [4.78, 5) is 16.5. The fraction of sp³-hybridized carbons (Fsp3) is 0.621. The summed E-state index contributed by atoms with van der Waals surface area (Å²) in [5.41, 5.74) is 1.27. The van der Waals surface area contributed by atoms with Gasteiger partial charge in [-0.2, -0.15) is 0 Å². The molecule has 1 aromatic rings. The van der Waals surface area contributed by atoms with E-state index in [1.165, 1.54) is 103 Å². The van der Waals surface area contributed by atoms with Crippen molar-refractivity contribution in [1.82, 2.24) is 5.32 Å². The first-order valence-electron chi connectivity index (χ1n) is 13.5. The second-order valence-electron chi connectivity index (χ2n) is 9.43. The van der Waals surface area contributed by atoms with Gasteiger partial charge >= 0.3 is 0 Å². The van der Waals surface area contributed by atoms with E-state index in [4.69, 9.17) is 12.2 Å². The summed E-state index contributed by atoms with van der Waals surface area (Å²) in [5, 5.41) is 13.7. The molecule has 0 aromatic heterocycles. The number of thiocarbonyl (C=S) groups is 1. The van der Waals surface area contributed by atoms with Crippen LogP contribution in [0.3, 0.4) is 0 Å². The number of aliphatic imine (C=N–C) groups is 1. The van der Waals surface area contributed by atoms with Gasteiger partial charge in [0.1, 0.15) is 5.76 Å². The summed E-state index contributed by atoms with van der Waals surface area (Å²) in [7, 11) is 0. The zero-order chi connectivity index (χ0) is 24.4. The highest BCUT2D eigenvalue weighted by molar-refractivity contribution is 7.80. The number of hydrogen-bond donors (Lipinski definition) is 2. The highest BCUT2D eigenvalue weighted by Crippen LogP contribution is 2.29. The number of Topliss-reactive ketones (excluding diaryl/α,β-unsaturated/α-hetero) is 1. The van der Waals surface area contributed by atoms with Crippen LogP contribution in [-0.4, -0.2) is 28.8 Å². The smallest absolute Gasteiger partial charge is 0.199 e. The molecule has 188 valence electrons. The molecule has 0 saturated carbocycles. The Morgan fingerprint density at radius 1 is 0.824 bits per heavy atom. The summed E-state index contributed by atoms with van der Waals surface area (Å²) in [6.45, 7) is 3.06. The van der Waals surface area contributed by atoms with Crippen molar-refractivity contribution in [3.63, 3.8) is 0 Å². The lowest BCUT2D eigenvalue weighted by Crippen LogP contribution is -2.21. The Kier molecular flexibility index (Phi) is 14.5. The van der Waals surface area contributed by atoms with Gasteiger partial charge in [-0.15, -0.1) is 0 Å². The van der Waals surface area contributed by atoms with Crippen LogP contribution in [0.25, 0.3) is 5.76 Å². The number of carbonyl (C=O) groups excluding carboxylic acids is 1. The molecule has 1 aliphatic carbocycles. The van der Waals surface area contributed by atoms with E-state index in [0.29, 0.717) is 16.2 Å². The van der Waals surface area contributed by atoms with Gasteiger partial charge in [-0.05, 0) is 18.6 Å². The molecule has 0 aliphatic heterocycles. The summed E-state index contributed by atoms with van der Waals surface area (Å²) >= 11 is 5.24. The number of benzene rings is 1. The van der Waals surface area contributed by atoms with Crippen molar-refractivity contribution >= 4 is 35.1 Å². The maximum Gasteiger partial charge on any atom is 0.199 e. The minimum absolute atomic E-state index is 0.0232. The molecule has 0 radical (unpaired) electrons. The van der Waals surface area contributed by atoms with Gasteiger partial charge < -0.3 is 10.4 Å². The third-order valence-corrected chi connectivity index (χ3v) is 6.79. The molecule has 5 heteroatoms. The molecule has 0 amide bonds. The fourth-order valence-electron chi connectivity index (χ4n) is 4.44.